The van der Waals surface area contributed by atoms with Crippen molar-refractivity contribution in [1.82, 2.24) is 19.7 Å². The normalized spacial score (nSPS) is 10.8. The van der Waals surface area contributed by atoms with Gasteiger partial charge < -0.3 is 0 Å². The van der Waals surface area contributed by atoms with Gasteiger partial charge in [0.1, 0.15) is 0 Å². The van der Waals surface area contributed by atoms with Gasteiger partial charge in [-0.05, 0) is 24.3 Å². The van der Waals surface area contributed by atoms with E-state index in [2.05, 4.69) is 16.0 Å². The highest BCUT2D eigenvalue weighted by Crippen LogP contribution is 2.26. The standard InChI is InChI=1S/C23H18N6/c1-4-10-17(11-5-1)21-25-22(28-27-18-12-6-2-7-13-18)20-16-24-29(23(20)26-21)19-14-8-3-9-15-19/h1-16,27H,(H,25,26,28). The molecule has 6 heteroatoms. The number of hydrogen-bond acceptors (Lipinski definition) is 5. The number of anilines is 2. The fraction of sp³-hybridized carbons (Fsp3) is 0. The van der Waals surface area contributed by atoms with Crippen LogP contribution in [0, 0.1) is 0 Å². The smallest absolute Gasteiger partial charge is 0.169 e. The summed E-state index contributed by atoms with van der Waals surface area (Å²) in [6.07, 6.45) is 1.78. The molecular formula is C23H18N6. The van der Waals surface area contributed by atoms with Gasteiger partial charge in [0.05, 0.1) is 23.0 Å². The predicted molar refractivity (Wildman–Crippen MR) is 116 cm³/mol. The Morgan fingerprint density at radius 1 is 0.655 bits per heavy atom. The lowest BCUT2D eigenvalue weighted by Crippen LogP contribution is -2.11. The molecule has 2 N–H and O–H groups in total. The van der Waals surface area contributed by atoms with Gasteiger partial charge in [0.15, 0.2) is 17.3 Å². The van der Waals surface area contributed by atoms with Crippen molar-refractivity contribution < 1.29 is 0 Å². The first kappa shape index (κ1) is 16.9. The highest BCUT2D eigenvalue weighted by molar-refractivity contribution is 5.89. The molecule has 5 aromatic rings. The van der Waals surface area contributed by atoms with Crippen molar-refractivity contribution in [1.29, 1.82) is 0 Å². The molecule has 2 heterocycles. The summed E-state index contributed by atoms with van der Waals surface area (Å²) in [5, 5.41) is 5.39. The van der Waals surface area contributed by atoms with Crippen LogP contribution in [0.1, 0.15) is 0 Å². The highest BCUT2D eigenvalue weighted by Gasteiger charge is 2.15. The lowest BCUT2D eigenvalue weighted by molar-refractivity contribution is 0.896. The Hall–Kier alpha value is -4.19. The molecule has 0 spiro atoms. The SMILES string of the molecule is c1ccc(NNc2nc(-c3ccccc3)nc3c2cnn3-c2ccccc2)cc1. The minimum atomic E-state index is 0.633. The molecule has 6 nitrogen and oxygen atoms in total. The maximum Gasteiger partial charge on any atom is 0.169 e. The van der Waals surface area contributed by atoms with E-state index in [0.29, 0.717) is 11.6 Å². The van der Waals surface area contributed by atoms with Crippen LogP contribution in [0.3, 0.4) is 0 Å². The molecule has 0 fully saturated rings. The molecule has 3 aromatic carbocycles. The Kier molecular flexibility index (Phi) is 4.35. The summed E-state index contributed by atoms with van der Waals surface area (Å²) in [7, 11) is 0. The Balaban J connectivity index is 1.63. The van der Waals surface area contributed by atoms with Crippen LogP contribution in [0.2, 0.25) is 0 Å². The lowest BCUT2D eigenvalue weighted by Gasteiger charge is -2.12. The quantitative estimate of drug-likeness (QED) is 0.425. The zero-order chi connectivity index (χ0) is 19.5. The van der Waals surface area contributed by atoms with Crippen LogP contribution in [0.15, 0.2) is 97.2 Å². The number of fused-ring (bicyclic) bond motifs is 1. The Morgan fingerprint density at radius 3 is 2.03 bits per heavy atom. The van der Waals surface area contributed by atoms with Gasteiger partial charge in [0.2, 0.25) is 0 Å². The number of aromatic nitrogens is 4. The number of para-hydroxylation sites is 2. The first-order valence-electron chi connectivity index (χ1n) is 9.32. The monoisotopic (exact) mass is 378 g/mol. The van der Waals surface area contributed by atoms with Gasteiger partial charge in [-0.1, -0.05) is 66.7 Å². The molecular weight excluding hydrogens is 360 g/mol. The van der Waals surface area contributed by atoms with E-state index in [-0.39, 0.29) is 0 Å². The molecule has 0 saturated carbocycles. The van der Waals surface area contributed by atoms with Crippen LogP contribution < -0.4 is 10.9 Å². The summed E-state index contributed by atoms with van der Waals surface area (Å²) in [6.45, 7) is 0. The van der Waals surface area contributed by atoms with E-state index in [0.717, 1.165) is 28.0 Å². The van der Waals surface area contributed by atoms with Gasteiger partial charge in [-0.2, -0.15) is 5.10 Å². The molecule has 29 heavy (non-hydrogen) atoms. The maximum atomic E-state index is 4.82. The van der Waals surface area contributed by atoms with Crippen LogP contribution in [-0.4, -0.2) is 19.7 Å². The molecule has 0 amide bonds. The zero-order valence-corrected chi connectivity index (χ0v) is 15.5. The van der Waals surface area contributed by atoms with Gasteiger partial charge in [-0.15, -0.1) is 0 Å². The van der Waals surface area contributed by atoms with Crippen LogP contribution in [0.5, 0.6) is 0 Å². The van der Waals surface area contributed by atoms with Gasteiger partial charge in [-0.3, -0.25) is 10.9 Å². The summed E-state index contributed by atoms with van der Waals surface area (Å²) in [4.78, 5) is 9.57. The van der Waals surface area contributed by atoms with Crippen molar-refractivity contribution >= 4 is 22.5 Å². The number of hydrogen-bond donors (Lipinski definition) is 2. The fourth-order valence-corrected chi connectivity index (χ4v) is 3.13. The summed E-state index contributed by atoms with van der Waals surface area (Å²) in [6, 6.07) is 29.8. The van der Waals surface area contributed by atoms with Gasteiger partial charge >= 0.3 is 0 Å². The highest BCUT2D eigenvalue weighted by atomic mass is 15.4. The number of nitrogens with one attached hydrogen (secondary N) is 2. The largest absolute Gasteiger partial charge is 0.300 e. The van der Waals surface area contributed by atoms with E-state index in [1.807, 2.05) is 95.7 Å². The molecule has 140 valence electrons. The molecule has 0 radical (unpaired) electrons. The summed E-state index contributed by atoms with van der Waals surface area (Å²) >= 11 is 0. The average molecular weight is 378 g/mol. The van der Waals surface area contributed by atoms with Gasteiger partial charge in [-0.25, -0.2) is 14.6 Å². The molecule has 0 atom stereocenters. The second kappa shape index (κ2) is 7.44. The van der Waals surface area contributed by atoms with E-state index in [9.17, 15) is 0 Å². The maximum absolute atomic E-state index is 4.82. The molecule has 0 saturated heterocycles. The third-order valence-electron chi connectivity index (χ3n) is 4.56. The molecule has 0 unspecified atom stereocenters. The van der Waals surface area contributed by atoms with Gasteiger partial charge in [0.25, 0.3) is 0 Å². The Morgan fingerprint density at radius 2 is 1.31 bits per heavy atom. The number of hydrazine groups is 1. The van der Waals surface area contributed by atoms with E-state index < -0.39 is 0 Å². The van der Waals surface area contributed by atoms with E-state index >= 15 is 0 Å². The van der Waals surface area contributed by atoms with E-state index in [4.69, 9.17) is 9.97 Å². The fourth-order valence-electron chi connectivity index (χ4n) is 3.13. The Bertz CT molecular complexity index is 1230. The second-order valence-corrected chi connectivity index (χ2v) is 6.51. The second-order valence-electron chi connectivity index (χ2n) is 6.51. The molecule has 0 bridgehead atoms. The summed E-state index contributed by atoms with van der Waals surface area (Å²) in [5.74, 6) is 1.30. The molecule has 0 aliphatic carbocycles. The van der Waals surface area contributed by atoms with Crippen molar-refractivity contribution in [2.24, 2.45) is 0 Å². The van der Waals surface area contributed by atoms with Crippen molar-refractivity contribution in [3.05, 3.63) is 97.2 Å². The van der Waals surface area contributed by atoms with Crippen molar-refractivity contribution in [3.8, 4) is 17.1 Å². The van der Waals surface area contributed by atoms with Gasteiger partial charge in [0, 0.05) is 5.56 Å². The number of benzene rings is 3. The predicted octanol–water partition coefficient (Wildman–Crippen LogP) is 4.92. The molecule has 0 aliphatic heterocycles. The van der Waals surface area contributed by atoms with Crippen LogP contribution in [-0.2, 0) is 0 Å². The van der Waals surface area contributed by atoms with E-state index in [1.165, 1.54) is 0 Å². The molecule has 0 aliphatic rings. The third-order valence-corrected chi connectivity index (χ3v) is 4.56. The van der Waals surface area contributed by atoms with Crippen molar-refractivity contribution in [2.45, 2.75) is 0 Å². The van der Waals surface area contributed by atoms with Crippen molar-refractivity contribution in [3.63, 3.8) is 0 Å². The summed E-state index contributed by atoms with van der Waals surface area (Å²) in [5.41, 5.74) is 10.00. The summed E-state index contributed by atoms with van der Waals surface area (Å²) < 4.78 is 1.83. The average Bonchev–Trinajstić information content (AvgIpc) is 3.23. The minimum absolute atomic E-state index is 0.633. The lowest BCUT2D eigenvalue weighted by atomic mass is 10.2. The van der Waals surface area contributed by atoms with E-state index in [1.54, 1.807) is 6.20 Å². The first-order chi connectivity index (χ1) is 14.4. The molecule has 5 rings (SSSR count). The third kappa shape index (κ3) is 3.39. The van der Waals surface area contributed by atoms with Crippen LogP contribution in [0.4, 0.5) is 11.5 Å². The van der Waals surface area contributed by atoms with Crippen LogP contribution >= 0.6 is 0 Å². The first-order valence-corrected chi connectivity index (χ1v) is 9.32. The number of nitrogens with zero attached hydrogens (tertiary/aromatic N) is 4. The Labute approximate surface area is 167 Å². The van der Waals surface area contributed by atoms with Crippen molar-refractivity contribution in [2.75, 3.05) is 10.9 Å². The van der Waals surface area contributed by atoms with Crippen LogP contribution in [0.25, 0.3) is 28.1 Å². The zero-order valence-electron chi connectivity index (χ0n) is 15.5. The minimum Gasteiger partial charge on any atom is -0.300 e. The number of rotatable bonds is 5. The molecule has 2 aromatic heterocycles. The topological polar surface area (TPSA) is 67.7 Å².